The van der Waals surface area contributed by atoms with Gasteiger partial charge >= 0.3 is 5.69 Å². The van der Waals surface area contributed by atoms with Gasteiger partial charge in [-0.2, -0.15) is 0 Å². The average Bonchev–Trinajstić information content (AvgIpc) is 2.72. The van der Waals surface area contributed by atoms with Gasteiger partial charge in [-0.25, -0.2) is 9.78 Å². The van der Waals surface area contributed by atoms with Crippen LogP contribution in [0, 0.1) is 6.92 Å². The van der Waals surface area contributed by atoms with Crippen LogP contribution in [0.5, 0.6) is 0 Å². The standard InChI is InChI=1S/C22H24N4O3/c1-15-7-5-8-16(13-15)24-19(27)14-25-20-18(11-6-12-23-20)21(28)26(22(25)29)17-9-3-2-4-10-17/h5-8,11-13,17H,2-4,9-10,14H2,1H3,(H,24,27). The number of fused-ring (bicyclic) bond motifs is 1. The van der Waals surface area contributed by atoms with Crippen LogP contribution in [-0.4, -0.2) is 20.0 Å². The highest BCUT2D eigenvalue weighted by Crippen LogP contribution is 2.26. The van der Waals surface area contributed by atoms with Crippen LogP contribution in [0.4, 0.5) is 5.69 Å². The van der Waals surface area contributed by atoms with Gasteiger partial charge in [0.2, 0.25) is 5.91 Å². The van der Waals surface area contributed by atoms with Crippen molar-refractivity contribution in [2.75, 3.05) is 5.32 Å². The molecule has 1 amide bonds. The lowest BCUT2D eigenvalue weighted by molar-refractivity contribution is -0.116. The number of pyridine rings is 1. The molecular formula is C22H24N4O3. The quantitative estimate of drug-likeness (QED) is 0.740. The topological polar surface area (TPSA) is 86.0 Å². The van der Waals surface area contributed by atoms with Crippen LogP contribution >= 0.6 is 0 Å². The monoisotopic (exact) mass is 392 g/mol. The maximum Gasteiger partial charge on any atom is 0.333 e. The van der Waals surface area contributed by atoms with Crippen molar-refractivity contribution in [3.63, 3.8) is 0 Å². The molecule has 0 spiro atoms. The van der Waals surface area contributed by atoms with E-state index < -0.39 is 5.69 Å². The molecule has 4 rings (SSSR count). The highest BCUT2D eigenvalue weighted by molar-refractivity contribution is 5.91. The van der Waals surface area contributed by atoms with Crippen molar-refractivity contribution in [2.24, 2.45) is 0 Å². The van der Waals surface area contributed by atoms with Crippen LogP contribution in [0.25, 0.3) is 11.0 Å². The molecule has 0 atom stereocenters. The minimum absolute atomic E-state index is 0.126. The summed E-state index contributed by atoms with van der Waals surface area (Å²) in [5.41, 5.74) is 1.15. The minimum Gasteiger partial charge on any atom is -0.325 e. The second-order valence-corrected chi connectivity index (χ2v) is 7.63. The first-order valence-corrected chi connectivity index (χ1v) is 10.0. The number of aryl methyl sites for hydroxylation is 1. The summed E-state index contributed by atoms with van der Waals surface area (Å²) in [5.74, 6) is -0.335. The maximum absolute atomic E-state index is 13.3. The number of carbonyl (C=O) groups excluding carboxylic acids is 1. The van der Waals surface area contributed by atoms with Gasteiger partial charge in [0, 0.05) is 17.9 Å². The lowest BCUT2D eigenvalue weighted by Gasteiger charge is -2.24. The number of carbonyl (C=O) groups is 1. The Kier molecular flexibility index (Phi) is 5.29. The Morgan fingerprint density at radius 1 is 1.14 bits per heavy atom. The Labute approximate surface area is 168 Å². The van der Waals surface area contributed by atoms with E-state index in [1.165, 1.54) is 15.3 Å². The third-order valence-corrected chi connectivity index (χ3v) is 5.47. The Balaban J connectivity index is 1.75. The summed E-state index contributed by atoms with van der Waals surface area (Å²) in [5, 5.41) is 3.19. The van der Waals surface area contributed by atoms with Crippen molar-refractivity contribution in [1.82, 2.24) is 14.1 Å². The van der Waals surface area contributed by atoms with Gasteiger partial charge in [-0.3, -0.25) is 18.7 Å². The number of anilines is 1. The number of nitrogens with one attached hydrogen (secondary N) is 1. The third-order valence-electron chi connectivity index (χ3n) is 5.47. The Hall–Kier alpha value is -3.22. The zero-order valence-corrected chi connectivity index (χ0v) is 16.4. The van der Waals surface area contributed by atoms with Gasteiger partial charge in [-0.1, -0.05) is 31.4 Å². The summed E-state index contributed by atoms with van der Waals surface area (Å²) in [6.45, 7) is 1.74. The molecule has 0 unspecified atom stereocenters. The minimum atomic E-state index is -0.465. The maximum atomic E-state index is 13.3. The van der Waals surface area contributed by atoms with Crippen molar-refractivity contribution >= 4 is 22.6 Å². The number of aromatic nitrogens is 3. The van der Waals surface area contributed by atoms with Gasteiger partial charge in [0.05, 0.1) is 5.39 Å². The zero-order valence-electron chi connectivity index (χ0n) is 16.4. The van der Waals surface area contributed by atoms with Gasteiger partial charge in [0.1, 0.15) is 12.2 Å². The zero-order chi connectivity index (χ0) is 20.4. The van der Waals surface area contributed by atoms with Crippen LogP contribution in [-0.2, 0) is 11.3 Å². The number of rotatable bonds is 4. The predicted molar refractivity (Wildman–Crippen MR) is 112 cm³/mol. The second kappa shape index (κ2) is 8.03. The van der Waals surface area contributed by atoms with Gasteiger partial charge in [-0.05, 0) is 49.6 Å². The third kappa shape index (κ3) is 3.85. The molecule has 0 aliphatic heterocycles. The number of benzene rings is 1. The summed E-state index contributed by atoms with van der Waals surface area (Å²) < 4.78 is 2.65. The highest BCUT2D eigenvalue weighted by Gasteiger charge is 2.23. The Morgan fingerprint density at radius 2 is 1.93 bits per heavy atom. The molecule has 1 aromatic carbocycles. The summed E-state index contributed by atoms with van der Waals surface area (Å²) >= 11 is 0. The molecule has 150 valence electrons. The predicted octanol–water partition coefficient (Wildman–Crippen LogP) is 3.01. The van der Waals surface area contributed by atoms with Crippen LogP contribution in [0.1, 0.15) is 43.7 Å². The van der Waals surface area contributed by atoms with Crippen molar-refractivity contribution in [2.45, 2.75) is 51.6 Å². The van der Waals surface area contributed by atoms with E-state index in [1.54, 1.807) is 18.2 Å². The Bertz CT molecular complexity index is 1170. The van der Waals surface area contributed by atoms with Crippen molar-refractivity contribution in [3.8, 4) is 0 Å². The molecule has 7 heteroatoms. The van der Waals surface area contributed by atoms with Crippen molar-refractivity contribution in [1.29, 1.82) is 0 Å². The van der Waals surface area contributed by atoms with Gasteiger partial charge in [0.25, 0.3) is 5.56 Å². The first-order chi connectivity index (χ1) is 14.0. The summed E-state index contributed by atoms with van der Waals surface area (Å²) in [6, 6.07) is 10.7. The fraction of sp³-hybridized carbons (Fsp3) is 0.364. The molecule has 1 aliphatic rings. The molecule has 0 bridgehead atoms. The van der Waals surface area contributed by atoms with E-state index in [0.29, 0.717) is 11.1 Å². The summed E-state index contributed by atoms with van der Waals surface area (Å²) in [7, 11) is 0. The molecule has 7 nitrogen and oxygen atoms in total. The van der Waals surface area contributed by atoms with Crippen molar-refractivity contribution < 1.29 is 4.79 Å². The van der Waals surface area contributed by atoms with E-state index in [4.69, 9.17) is 0 Å². The lowest BCUT2D eigenvalue weighted by Crippen LogP contribution is -2.44. The van der Waals surface area contributed by atoms with Crippen LogP contribution in [0.2, 0.25) is 0 Å². The van der Waals surface area contributed by atoms with Crippen molar-refractivity contribution in [3.05, 3.63) is 69.0 Å². The summed E-state index contributed by atoms with van der Waals surface area (Å²) in [4.78, 5) is 43.2. The van der Waals surface area contributed by atoms with E-state index >= 15 is 0 Å². The van der Waals surface area contributed by atoms with Gasteiger partial charge in [0.15, 0.2) is 0 Å². The molecule has 2 aromatic heterocycles. The smallest absolute Gasteiger partial charge is 0.325 e. The first-order valence-electron chi connectivity index (χ1n) is 10.0. The number of nitrogens with zero attached hydrogens (tertiary/aromatic N) is 3. The molecule has 0 radical (unpaired) electrons. The first kappa shape index (κ1) is 19.1. The number of hydrogen-bond acceptors (Lipinski definition) is 4. The van der Waals surface area contributed by atoms with E-state index in [-0.39, 0.29) is 29.7 Å². The molecule has 1 fully saturated rings. The van der Waals surface area contributed by atoms with E-state index in [2.05, 4.69) is 10.3 Å². The number of amides is 1. The lowest BCUT2D eigenvalue weighted by atomic mass is 9.95. The average molecular weight is 392 g/mol. The SMILES string of the molecule is Cc1cccc(NC(=O)Cn2c(=O)n(C3CCCCC3)c(=O)c3cccnc32)c1. The fourth-order valence-electron chi connectivity index (χ4n) is 4.09. The molecule has 1 aliphatic carbocycles. The van der Waals surface area contributed by atoms with Gasteiger partial charge in [-0.15, -0.1) is 0 Å². The highest BCUT2D eigenvalue weighted by atomic mass is 16.2. The molecular weight excluding hydrogens is 368 g/mol. The second-order valence-electron chi connectivity index (χ2n) is 7.63. The fourth-order valence-corrected chi connectivity index (χ4v) is 4.09. The molecule has 1 saturated carbocycles. The van der Waals surface area contributed by atoms with Crippen LogP contribution in [0.15, 0.2) is 52.2 Å². The normalized spacial score (nSPS) is 14.8. The van der Waals surface area contributed by atoms with E-state index in [9.17, 15) is 14.4 Å². The largest absolute Gasteiger partial charge is 0.333 e. The molecule has 1 N–H and O–H groups in total. The molecule has 3 aromatic rings. The molecule has 29 heavy (non-hydrogen) atoms. The van der Waals surface area contributed by atoms with Crippen LogP contribution < -0.4 is 16.6 Å². The van der Waals surface area contributed by atoms with Gasteiger partial charge < -0.3 is 5.32 Å². The summed E-state index contributed by atoms with van der Waals surface area (Å²) in [6.07, 6.45) is 6.24. The van der Waals surface area contributed by atoms with E-state index in [0.717, 1.165) is 37.7 Å². The molecule has 2 heterocycles. The number of hydrogen-bond donors (Lipinski definition) is 1. The Morgan fingerprint density at radius 3 is 2.69 bits per heavy atom. The molecule has 0 saturated heterocycles. The van der Waals surface area contributed by atoms with E-state index in [1.807, 2.05) is 25.1 Å². The van der Waals surface area contributed by atoms with Crippen LogP contribution in [0.3, 0.4) is 0 Å².